The van der Waals surface area contributed by atoms with Gasteiger partial charge in [-0.25, -0.2) is 0 Å². The minimum atomic E-state index is -0.470. The first-order valence-electron chi connectivity index (χ1n) is 8.24. The lowest BCUT2D eigenvalue weighted by molar-refractivity contribution is 0.0542. The van der Waals surface area contributed by atoms with Gasteiger partial charge in [0.05, 0.1) is 11.3 Å². The van der Waals surface area contributed by atoms with Crippen LogP contribution in [-0.2, 0) is 10.2 Å². The Kier molecular flexibility index (Phi) is 4.81. The van der Waals surface area contributed by atoms with Crippen LogP contribution in [0.15, 0.2) is 42.7 Å². The number of ether oxygens (including phenoxy) is 1. The summed E-state index contributed by atoms with van der Waals surface area (Å²) in [6.45, 7) is 4.36. The SMILES string of the molecule is Cc1ccccc1C1(CNc2ccncc2C(N)=O)CCOCC1. The average molecular weight is 325 g/mol. The number of pyridine rings is 1. The highest BCUT2D eigenvalue weighted by molar-refractivity contribution is 5.98. The summed E-state index contributed by atoms with van der Waals surface area (Å²) in [4.78, 5) is 15.6. The Morgan fingerprint density at radius 3 is 2.75 bits per heavy atom. The van der Waals surface area contributed by atoms with Gasteiger partial charge in [-0.3, -0.25) is 9.78 Å². The number of hydrogen-bond acceptors (Lipinski definition) is 4. The Hall–Kier alpha value is -2.40. The van der Waals surface area contributed by atoms with Gasteiger partial charge in [-0.05, 0) is 37.0 Å². The van der Waals surface area contributed by atoms with Gasteiger partial charge >= 0.3 is 0 Å². The molecule has 0 atom stereocenters. The maximum absolute atomic E-state index is 11.6. The predicted molar refractivity (Wildman–Crippen MR) is 94.2 cm³/mol. The predicted octanol–water partition coefficient (Wildman–Crippen LogP) is 2.65. The van der Waals surface area contributed by atoms with Crippen molar-refractivity contribution in [3.05, 3.63) is 59.4 Å². The zero-order chi connectivity index (χ0) is 17.0. The quantitative estimate of drug-likeness (QED) is 0.886. The fourth-order valence-electron chi connectivity index (χ4n) is 3.48. The van der Waals surface area contributed by atoms with E-state index in [0.29, 0.717) is 5.56 Å². The van der Waals surface area contributed by atoms with Crippen molar-refractivity contribution in [1.29, 1.82) is 0 Å². The summed E-state index contributed by atoms with van der Waals surface area (Å²) < 4.78 is 5.59. The maximum atomic E-state index is 11.6. The average Bonchev–Trinajstić information content (AvgIpc) is 2.61. The lowest BCUT2D eigenvalue weighted by atomic mass is 9.72. The summed E-state index contributed by atoms with van der Waals surface area (Å²) in [5, 5.41) is 3.43. The van der Waals surface area contributed by atoms with Crippen molar-refractivity contribution in [3.63, 3.8) is 0 Å². The smallest absolute Gasteiger partial charge is 0.252 e. The molecule has 1 fully saturated rings. The summed E-state index contributed by atoms with van der Waals surface area (Å²) in [7, 11) is 0. The van der Waals surface area contributed by atoms with E-state index in [2.05, 4.69) is 41.5 Å². The first-order chi connectivity index (χ1) is 11.6. The molecule has 1 aromatic carbocycles. The molecule has 3 N–H and O–H groups in total. The van der Waals surface area contributed by atoms with E-state index in [1.807, 2.05) is 0 Å². The highest BCUT2D eigenvalue weighted by Gasteiger charge is 2.35. The first-order valence-corrected chi connectivity index (χ1v) is 8.24. The highest BCUT2D eigenvalue weighted by atomic mass is 16.5. The Morgan fingerprint density at radius 2 is 2.04 bits per heavy atom. The monoisotopic (exact) mass is 325 g/mol. The van der Waals surface area contributed by atoms with Crippen LogP contribution in [0.25, 0.3) is 0 Å². The van der Waals surface area contributed by atoms with Crippen LogP contribution >= 0.6 is 0 Å². The molecule has 2 heterocycles. The molecule has 1 amide bonds. The third kappa shape index (κ3) is 3.26. The molecular formula is C19H23N3O2. The number of anilines is 1. The van der Waals surface area contributed by atoms with Gasteiger partial charge in [0.15, 0.2) is 0 Å². The molecule has 1 aliphatic rings. The molecule has 0 radical (unpaired) electrons. The Bertz CT molecular complexity index is 724. The first kappa shape index (κ1) is 16.5. The number of benzene rings is 1. The molecule has 0 saturated carbocycles. The van der Waals surface area contributed by atoms with Crippen molar-refractivity contribution >= 4 is 11.6 Å². The number of aryl methyl sites for hydroxylation is 1. The minimum Gasteiger partial charge on any atom is -0.383 e. The second-order valence-electron chi connectivity index (χ2n) is 6.35. The number of nitrogens with one attached hydrogen (secondary N) is 1. The van der Waals surface area contributed by atoms with E-state index in [0.717, 1.165) is 38.3 Å². The molecule has 1 aromatic heterocycles. The van der Waals surface area contributed by atoms with Crippen LogP contribution in [0.2, 0.25) is 0 Å². The number of amides is 1. The minimum absolute atomic E-state index is 0.0121. The van der Waals surface area contributed by atoms with E-state index in [9.17, 15) is 4.79 Å². The molecule has 0 spiro atoms. The molecule has 0 aliphatic carbocycles. The van der Waals surface area contributed by atoms with Crippen molar-refractivity contribution < 1.29 is 9.53 Å². The van der Waals surface area contributed by atoms with E-state index in [1.54, 1.807) is 12.3 Å². The van der Waals surface area contributed by atoms with Crippen LogP contribution in [0.5, 0.6) is 0 Å². The molecule has 24 heavy (non-hydrogen) atoms. The van der Waals surface area contributed by atoms with Gasteiger partial charge in [0, 0.05) is 37.6 Å². The van der Waals surface area contributed by atoms with E-state index < -0.39 is 5.91 Å². The topological polar surface area (TPSA) is 77.2 Å². The van der Waals surface area contributed by atoms with Gasteiger partial charge in [-0.15, -0.1) is 0 Å². The zero-order valence-corrected chi connectivity index (χ0v) is 13.9. The van der Waals surface area contributed by atoms with Gasteiger partial charge in [-0.2, -0.15) is 0 Å². The maximum Gasteiger partial charge on any atom is 0.252 e. The summed E-state index contributed by atoms with van der Waals surface area (Å²) in [5.41, 5.74) is 9.22. The summed E-state index contributed by atoms with van der Waals surface area (Å²) in [5.74, 6) is -0.470. The lowest BCUT2D eigenvalue weighted by Gasteiger charge is -2.39. The number of carbonyl (C=O) groups excluding carboxylic acids is 1. The fraction of sp³-hybridized carbons (Fsp3) is 0.368. The van der Waals surface area contributed by atoms with Crippen molar-refractivity contribution in [2.24, 2.45) is 5.73 Å². The van der Waals surface area contributed by atoms with Crippen LogP contribution in [-0.4, -0.2) is 30.6 Å². The number of nitrogens with zero attached hydrogens (tertiary/aromatic N) is 1. The molecule has 1 saturated heterocycles. The summed E-state index contributed by atoms with van der Waals surface area (Å²) in [6.07, 6.45) is 5.07. The third-order valence-corrected chi connectivity index (χ3v) is 4.87. The molecule has 5 nitrogen and oxygen atoms in total. The van der Waals surface area contributed by atoms with Crippen LogP contribution in [0, 0.1) is 6.92 Å². The van der Waals surface area contributed by atoms with Gasteiger partial charge in [0.1, 0.15) is 0 Å². The third-order valence-electron chi connectivity index (χ3n) is 4.87. The molecule has 0 unspecified atom stereocenters. The molecule has 2 aromatic rings. The van der Waals surface area contributed by atoms with Gasteiger partial charge in [0.25, 0.3) is 5.91 Å². The van der Waals surface area contributed by atoms with Gasteiger partial charge < -0.3 is 15.8 Å². The summed E-state index contributed by atoms with van der Waals surface area (Å²) >= 11 is 0. The second-order valence-corrected chi connectivity index (χ2v) is 6.35. The standard InChI is InChI=1S/C19H23N3O2/c1-14-4-2-3-5-16(14)19(7-10-24-11-8-19)13-22-17-6-9-21-12-15(17)18(20)23/h2-6,9,12H,7-8,10-11,13H2,1H3,(H2,20,23)(H,21,22). The number of hydrogen-bond donors (Lipinski definition) is 2. The summed E-state index contributed by atoms with van der Waals surface area (Å²) in [6, 6.07) is 10.3. The van der Waals surface area contributed by atoms with Gasteiger partial charge in [-0.1, -0.05) is 24.3 Å². The van der Waals surface area contributed by atoms with E-state index in [-0.39, 0.29) is 5.41 Å². The normalized spacial score (nSPS) is 16.5. The van der Waals surface area contributed by atoms with E-state index in [1.165, 1.54) is 17.3 Å². The number of nitrogens with two attached hydrogens (primary N) is 1. The van der Waals surface area contributed by atoms with E-state index in [4.69, 9.17) is 10.5 Å². The Labute approximate surface area is 142 Å². The Morgan fingerprint density at radius 1 is 1.29 bits per heavy atom. The number of primary amides is 1. The van der Waals surface area contributed by atoms with Crippen LogP contribution < -0.4 is 11.1 Å². The number of carbonyl (C=O) groups is 1. The van der Waals surface area contributed by atoms with Gasteiger partial charge in [0.2, 0.25) is 0 Å². The highest BCUT2D eigenvalue weighted by Crippen LogP contribution is 2.37. The van der Waals surface area contributed by atoms with Crippen molar-refractivity contribution in [3.8, 4) is 0 Å². The molecular weight excluding hydrogens is 302 g/mol. The zero-order valence-electron chi connectivity index (χ0n) is 13.9. The number of aromatic nitrogens is 1. The molecule has 3 rings (SSSR count). The Balaban J connectivity index is 1.89. The fourth-order valence-corrected chi connectivity index (χ4v) is 3.48. The molecule has 5 heteroatoms. The van der Waals surface area contributed by atoms with Crippen LogP contribution in [0.3, 0.4) is 0 Å². The van der Waals surface area contributed by atoms with Crippen molar-refractivity contribution in [2.45, 2.75) is 25.2 Å². The molecule has 0 bridgehead atoms. The van der Waals surface area contributed by atoms with Crippen LogP contribution in [0.4, 0.5) is 5.69 Å². The number of rotatable bonds is 5. The van der Waals surface area contributed by atoms with E-state index >= 15 is 0 Å². The van der Waals surface area contributed by atoms with Crippen molar-refractivity contribution in [2.75, 3.05) is 25.1 Å². The van der Waals surface area contributed by atoms with Crippen LogP contribution in [0.1, 0.15) is 34.3 Å². The van der Waals surface area contributed by atoms with Crippen molar-refractivity contribution in [1.82, 2.24) is 4.98 Å². The largest absolute Gasteiger partial charge is 0.383 e. The second kappa shape index (κ2) is 7.01. The molecule has 126 valence electrons. The molecule has 1 aliphatic heterocycles. The lowest BCUT2D eigenvalue weighted by Crippen LogP contribution is -2.40.